The first-order valence-corrected chi connectivity index (χ1v) is 8.34. The fraction of sp³-hybridized carbons (Fsp3) is 0.143. The summed E-state index contributed by atoms with van der Waals surface area (Å²) in [5, 5.41) is 8.67. The minimum absolute atomic E-state index is 0. The molecule has 0 bridgehead atoms. The van der Waals surface area contributed by atoms with Gasteiger partial charge in [0, 0.05) is 6.20 Å². The van der Waals surface area contributed by atoms with Gasteiger partial charge in [-0.2, -0.15) is 0 Å². The van der Waals surface area contributed by atoms with E-state index in [9.17, 15) is 0 Å². The second kappa shape index (κ2) is 7.68. The van der Waals surface area contributed by atoms with Crippen LogP contribution >= 0.6 is 12.4 Å². The molecular weight excluding hydrogens is 362 g/mol. The number of ether oxygens (including phenoxy) is 2. The van der Waals surface area contributed by atoms with Crippen LogP contribution in [-0.4, -0.2) is 28.8 Å². The van der Waals surface area contributed by atoms with Crippen molar-refractivity contribution in [3.05, 3.63) is 66.4 Å². The third kappa shape index (κ3) is 3.46. The predicted molar refractivity (Wildman–Crippen MR) is 109 cm³/mol. The minimum atomic E-state index is 0. The molecule has 5 nitrogen and oxygen atoms in total. The Balaban J connectivity index is 0.00000210. The van der Waals surface area contributed by atoms with E-state index in [2.05, 4.69) is 10.2 Å². The molecule has 0 aliphatic rings. The van der Waals surface area contributed by atoms with Gasteiger partial charge in [-0.1, -0.05) is 18.2 Å². The van der Waals surface area contributed by atoms with Gasteiger partial charge in [0.1, 0.15) is 11.5 Å². The lowest BCUT2D eigenvalue weighted by molar-refractivity contribution is 0.415. The molecule has 0 unspecified atom stereocenters. The van der Waals surface area contributed by atoms with Crippen molar-refractivity contribution in [1.29, 1.82) is 0 Å². The molecule has 0 saturated carbocycles. The molecule has 6 heteroatoms. The highest BCUT2D eigenvalue weighted by Crippen LogP contribution is 2.31. The van der Waals surface area contributed by atoms with E-state index in [1.165, 1.54) is 0 Å². The van der Waals surface area contributed by atoms with Crippen molar-refractivity contribution in [2.75, 3.05) is 14.2 Å². The van der Waals surface area contributed by atoms with Gasteiger partial charge in [-0.3, -0.25) is 4.40 Å². The van der Waals surface area contributed by atoms with Crippen molar-refractivity contribution in [3.8, 4) is 34.0 Å². The second-order valence-electron chi connectivity index (χ2n) is 6.10. The normalized spacial score (nSPS) is 10.5. The maximum atomic E-state index is 5.54. The average Bonchev–Trinajstić information content (AvgIpc) is 3.11. The molecule has 0 aliphatic carbocycles. The third-order valence-electron chi connectivity index (χ3n) is 4.42. The molecule has 2 heterocycles. The van der Waals surface area contributed by atoms with E-state index in [0.29, 0.717) is 0 Å². The molecule has 0 N–H and O–H groups in total. The summed E-state index contributed by atoms with van der Waals surface area (Å²) in [5.74, 6) is 2.38. The smallest absolute Gasteiger partial charge is 0.172 e. The first-order chi connectivity index (χ1) is 12.7. The summed E-state index contributed by atoms with van der Waals surface area (Å²) in [5.41, 5.74) is 5.02. The fourth-order valence-electron chi connectivity index (χ4n) is 3.01. The molecule has 0 fully saturated rings. The summed E-state index contributed by atoms with van der Waals surface area (Å²) >= 11 is 0. The highest BCUT2D eigenvalue weighted by Gasteiger charge is 2.14. The summed E-state index contributed by atoms with van der Waals surface area (Å²) in [7, 11) is 3.34. The molecule has 0 atom stereocenters. The van der Waals surface area contributed by atoms with Crippen LogP contribution in [0.15, 0.2) is 60.8 Å². The summed E-state index contributed by atoms with van der Waals surface area (Å²) in [6.07, 6.45) is 2.05. The van der Waals surface area contributed by atoms with Crippen LogP contribution in [0, 0.1) is 6.92 Å². The van der Waals surface area contributed by atoms with Gasteiger partial charge in [-0.05, 0) is 60.0 Å². The monoisotopic (exact) mass is 381 g/mol. The zero-order valence-corrected chi connectivity index (χ0v) is 16.2. The van der Waals surface area contributed by atoms with E-state index in [1.54, 1.807) is 14.2 Å². The van der Waals surface area contributed by atoms with E-state index in [0.717, 1.165) is 45.2 Å². The Morgan fingerprint density at radius 2 is 1.56 bits per heavy atom. The van der Waals surface area contributed by atoms with Crippen molar-refractivity contribution >= 4 is 18.1 Å². The Labute approximate surface area is 164 Å². The lowest BCUT2D eigenvalue weighted by Crippen LogP contribution is -1.94. The van der Waals surface area contributed by atoms with E-state index in [1.807, 2.05) is 72.1 Å². The maximum absolute atomic E-state index is 5.54. The van der Waals surface area contributed by atoms with Gasteiger partial charge in [-0.25, -0.2) is 0 Å². The molecule has 0 saturated heterocycles. The lowest BCUT2D eigenvalue weighted by atomic mass is 10.1. The number of hydrogen-bond donors (Lipinski definition) is 0. The van der Waals surface area contributed by atoms with E-state index in [4.69, 9.17) is 9.47 Å². The van der Waals surface area contributed by atoms with Gasteiger partial charge in [0.15, 0.2) is 11.5 Å². The molecule has 0 radical (unpaired) electrons. The van der Waals surface area contributed by atoms with Crippen molar-refractivity contribution in [3.63, 3.8) is 0 Å². The SMILES string of the molecule is COc1ccc(-c2ccc3nnc(-c4ccc(C)cc4OC)n3c2)cc1.Cl. The quantitative estimate of drug-likeness (QED) is 0.509. The van der Waals surface area contributed by atoms with Crippen LogP contribution in [0.4, 0.5) is 0 Å². The van der Waals surface area contributed by atoms with Gasteiger partial charge < -0.3 is 9.47 Å². The molecule has 0 aliphatic heterocycles. The van der Waals surface area contributed by atoms with Crippen molar-refractivity contribution in [2.45, 2.75) is 6.92 Å². The molecule has 0 amide bonds. The molecule has 4 rings (SSSR count). The van der Waals surface area contributed by atoms with Crippen LogP contribution in [0.3, 0.4) is 0 Å². The summed E-state index contributed by atoms with van der Waals surface area (Å²) in [4.78, 5) is 0. The van der Waals surface area contributed by atoms with Crippen LogP contribution in [0.5, 0.6) is 11.5 Å². The molecule has 27 heavy (non-hydrogen) atoms. The van der Waals surface area contributed by atoms with Crippen molar-refractivity contribution < 1.29 is 9.47 Å². The number of fused-ring (bicyclic) bond motifs is 1. The topological polar surface area (TPSA) is 48.7 Å². The molecule has 2 aromatic carbocycles. The Morgan fingerprint density at radius 1 is 0.815 bits per heavy atom. The number of rotatable bonds is 4. The van der Waals surface area contributed by atoms with Crippen molar-refractivity contribution in [1.82, 2.24) is 14.6 Å². The van der Waals surface area contributed by atoms with Crippen LogP contribution in [-0.2, 0) is 0 Å². The fourth-order valence-corrected chi connectivity index (χ4v) is 3.01. The zero-order valence-electron chi connectivity index (χ0n) is 15.3. The van der Waals surface area contributed by atoms with E-state index < -0.39 is 0 Å². The second-order valence-corrected chi connectivity index (χ2v) is 6.10. The Kier molecular flexibility index (Phi) is 5.33. The lowest BCUT2D eigenvalue weighted by Gasteiger charge is -2.09. The minimum Gasteiger partial charge on any atom is -0.497 e. The van der Waals surface area contributed by atoms with Gasteiger partial charge in [0.25, 0.3) is 0 Å². The van der Waals surface area contributed by atoms with Crippen LogP contribution in [0.1, 0.15) is 5.56 Å². The number of methoxy groups -OCH3 is 2. The summed E-state index contributed by atoms with van der Waals surface area (Å²) < 4.78 is 12.8. The van der Waals surface area contributed by atoms with Crippen LogP contribution < -0.4 is 9.47 Å². The van der Waals surface area contributed by atoms with Gasteiger partial charge in [-0.15, -0.1) is 22.6 Å². The number of aryl methyl sites for hydroxylation is 1. The predicted octanol–water partition coefficient (Wildman–Crippen LogP) is 4.81. The van der Waals surface area contributed by atoms with Crippen molar-refractivity contribution in [2.24, 2.45) is 0 Å². The highest BCUT2D eigenvalue weighted by atomic mass is 35.5. The van der Waals surface area contributed by atoms with Gasteiger partial charge in [0.2, 0.25) is 0 Å². The number of aromatic nitrogens is 3. The molecule has 4 aromatic rings. The average molecular weight is 382 g/mol. The summed E-state index contributed by atoms with van der Waals surface area (Å²) in [6, 6.07) is 18.1. The number of hydrogen-bond acceptors (Lipinski definition) is 4. The first kappa shape index (κ1) is 18.7. The van der Waals surface area contributed by atoms with E-state index >= 15 is 0 Å². The zero-order chi connectivity index (χ0) is 18.1. The number of halogens is 1. The van der Waals surface area contributed by atoms with Crippen LogP contribution in [0.25, 0.3) is 28.2 Å². The Morgan fingerprint density at radius 3 is 2.26 bits per heavy atom. The van der Waals surface area contributed by atoms with E-state index in [-0.39, 0.29) is 12.4 Å². The summed E-state index contributed by atoms with van der Waals surface area (Å²) in [6.45, 7) is 2.04. The standard InChI is InChI=1S/C21H19N3O2.ClH/c1-14-4-10-18(19(12-14)26-3)21-23-22-20-11-7-16(13-24(20)21)15-5-8-17(25-2)9-6-15;/h4-13H,1-3H3;1H. The number of pyridine rings is 1. The largest absolute Gasteiger partial charge is 0.497 e. The number of nitrogens with zero attached hydrogens (tertiary/aromatic N) is 3. The molecule has 0 spiro atoms. The molecular formula is C21H20ClN3O2. The molecule has 138 valence electrons. The highest BCUT2D eigenvalue weighted by molar-refractivity contribution is 5.85. The van der Waals surface area contributed by atoms with Gasteiger partial charge in [0.05, 0.1) is 19.8 Å². The Hall–Kier alpha value is -3.05. The number of benzene rings is 2. The molecule has 2 aromatic heterocycles. The van der Waals surface area contributed by atoms with Gasteiger partial charge >= 0.3 is 0 Å². The Bertz CT molecular complexity index is 1070. The maximum Gasteiger partial charge on any atom is 0.172 e. The third-order valence-corrected chi connectivity index (χ3v) is 4.42. The first-order valence-electron chi connectivity index (χ1n) is 8.34. The van der Waals surface area contributed by atoms with Crippen LogP contribution in [0.2, 0.25) is 0 Å².